The first-order chi connectivity index (χ1) is 8.61. The number of hydrogen-bond donors (Lipinski definition) is 0. The fraction of sp³-hybridized carbons (Fsp3) is 0.231. The smallest absolute Gasteiger partial charge is 0.188 e. The summed E-state index contributed by atoms with van der Waals surface area (Å²) in [6.45, 7) is 4.15. The Labute approximate surface area is 116 Å². The molecule has 0 fully saturated rings. The molecule has 2 aromatic rings. The predicted octanol–water partition coefficient (Wildman–Crippen LogP) is 3.91. The molecule has 0 atom stereocenters. The fourth-order valence-electron chi connectivity index (χ4n) is 1.60. The minimum Gasteiger partial charge on any atom is -0.491 e. The van der Waals surface area contributed by atoms with E-state index in [4.69, 9.17) is 16.3 Å². The summed E-state index contributed by atoms with van der Waals surface area (Å²) < 4.78 is 5.23. The van der Waals surface area contributed by atoms with E-state index in [0.717, 1.165) is 9.92 Å². The van der Waals surface area contributed by atoms with Gasteiger partial charge in [-0.1, -0.05) is 41.1 Å². The lowest BCUT2D eigenvalue weighted by Gasteiger charge is -2.09. The lowest BCUT2D eigenvalue weighted by molar-refractivity contribution is 0.398. The molecule has 0 N–H and O–H groups in total. The van der Waals surface area contributed by atoms with E-state index in [1.807, 2.05) is 0 Å². The topological polar surface area (TPSA) is 35.0 Å². The summed E-state index contributed by atoms with van der Waals surface area (Å²) >= 11 is 7.50. The molecule has 0 bridgehead atoms. The van der Waals surface area contributed by atoms with Gasteiger partial charge in [-0.2, -0.15) is 0 Å². The van der Waals surface area contributed by atoms with E-state index in [2.05, 4.69) is 42.0 Å². The molecule has 0 aliphatic heterocycles. The summed E-state index contributed by atoms with van der Waals surface area (Å²) in [5, 5.41) is 1.06. The van der Waals surface area contributed by atoms with Crippen LogP contribution in [0, 0.1) is 13.8 Å². The first-order valence-corrected chi connectivity index (χ1v) is 6.61. The van der Waals surface area contributed by atoms with Crippen molar-refractivity contribution in [2.75, 3.05) is 7.11 Å². The predicted molar refractivity (Wildman–Crippen MR) is 73.6 cm³/mol. The van der Waals surface area contributed by atoms with Gasteiger partial charge in [-0.05, 0) is 25.5 Å². The van der Waals surface area contributed by atoms with E-state index >= 15 is 0 Å². The molecular weight excluding hydrogens is 268 g/mol. The van der Waals surface area contributed by atoms with E-state index in [0.29, 0.717) is 10.9 Å². The molecule has 5 heteroatoms. The van der Waals surface area contributed by atoms with Crippen molar-refractivity contribution in [3.63, 3.8) is 0 Å². The minimum atomic E-state index is 0.333. The van der Waals surface area contributed by atoms with Crippen LogP contribution in [-0.2, 0) is 0 Å². The van der Waals surface area contributed by atoms with Crippen molar-refractivity contribution in [1.29, 1.82) is 0 Å². The van der Waals surface area contributed by atoms with Crippen LogP contribution in [0.15, 0.2) is 34.4 Å². The average Bonchev–Trinajstić information content (AvgIpc) is 2.33. The maximum atomic E-state index is 5.97. The molecule has 1 heterocycles. The molecule has 1 aromatic carbocycles. The Morgan fingerprint density at radius 3 is 2.67 bits per heavy atom. The Kier molecular flexibility index (Phi) is 4.09. The molecule has 1 aromatic heterocycles. The quantitative estimate of drug-likeness (QED) is 0.799. The molecule has 18 heavy (non-hydrogen) atoms. The molecule has 0 amide bonds. The highest BCUT2D eigenvalue weighted by Crippen LogP contribution is 2.37. The van der Waals surface area contributed by atoms with Crippen LogP contribution in [0.2, 0.25) is 5.15 Å². The Hall–Kier alpha value is -1.26. The summed E-state index contributed by atoms with van der Waals surface area (Å²) in [5.41, 5.74) is 2.45. The number of rotatable bonds is 3. The van der Waals surface area contributed by atoms with Gasteiger partial charge in [-0.3, -0.25) is 0 Å². The highest BCUT2D eigenvalue weighted by Gasteiger charge is 2.12. The first kappa shape index (κ1) is 13.2. The number of aromatic nitrogens is 2. The summed E-state index contributed by atoms with van der Waals surface area (Å²) in [6, 6.07) is 6.28. The second-order valence-corrected chi connectivity index (χ2v) is 5.26. The second-order valence-electron chi connectivity index (χ2n) is 3.87. The maximum Gasteiger partial charge on any atom is 0.188 e. The third kappa shape index (κ3) is 2.76. The van der Waals surface area contributed by atoms with Gasteiger partial charge in [0.05, 0.1) is 7.11 Å². The second kappa shape index (κ2) is 5.59. The minimum absolute atomic E-state index is 0.333. The molecule has 0 aliphatic rings. The van der Waals surface area contributed by atoms with Gasteiger partial charge < -0.3 is 4.74 Å². The van der Waals surface area contributed by atoms with Gasteiger partial charge in [0.2, 0.25) is 0 Å². The number of methoxy groups -OCH3 is 1. The van der Waals surface area contributed by atoms with Crippen LogP contribution in [0.3, 0.4) is 0 Å². The van der Waals surface area contributed by atoms with Crippen molar-refractivity contribution < 1.29 is 4.74 Å². The van der Waals surface area contributed by atoms with E-state index in [-0.39, 0.29) is 0 Å². The maximum absolute atomic E-state index is 5.97. The number of aryl methyl sites for hydroxylation is 2. The van der Waals surface area contributed by atoms with Crippen LogP contribution in [0.1, 0.15) is 11.1 Å². The van der Waals surface area contributed by atoms with Crippen LogP contribution in [0.5, 0.6) is 5.75 Å². The zero-order valence-electron chi connectivity index (χ0n) is 10.4. The van der Waals surface area contributed by atoms with Crippen LogP contribution in [-0.4, -0.2) is 17.1 Å². The van der Waals surface area contributed by atoms with Crippen molar-refractivity contribution in [3.05, 3.63) is 40.8 Å². The van der Waals surface area contributed by atoms with Gasteiger partial charge in [0.1, 0.15) is 11.4 Å². The summed E-state index contributed by atoms with van der Waals surface area (Å²) in [7, 11) is 1.57. The van der Waals surface area contributed by atoms with Crippen molar-refractivity contribution in [3.8, 4) is 5.75 Å². The van der Waals surface area contributed by atoms with Gasteiger partial charge in [0.15, 0.2) is 10.9 Å². The van der Waals surface area contributed by atoms with Crippen molar-refractivity contribution in [2.45, 2.75) is 23.8 Å². The van der Waals surface area contributed by atoms with E-state index in [9.17, 15) is 0 Å². The Morgan fingerprint density at radius 2 is 2.00 bits per heavy atom. The number of hydrogen-bond acceptors (Lipinski definition) is 4. The molecule has 94 valence electrons. The Balaban J connectivity index is 2.37. The van der Waals surface area contributed by atoms with E-state index in [1.54, 1.807) is 7.11 Å². The lowest BCUT2D eigenvalue weighted by Crippen LogP contribution is -1.93. The number of benzene rings is 1. The standard InChI is InChI=1S/C13H13ClN2OS/c1-8-4-5-10(9(2)6-8)18-13-11(17-3)12(14)15-7-16-13/h4-7H,1-3H3. The number of halogens is 1. The molecule has 3 nitrogen and oxygen atoms in total. The van der Waals surface area contributed by atoms with Gasteiger partial charge >= 0.3 is 0 Å². The Morgan fingerprint density at radius 1 is 1.22 bits per heavy atom. The van der Waals surface area contributed by atoms with Crippen molar-refractivity contribution >= 4 is 23.4 Å². The summed E-state index contributed by atoms with van der Waals surface area (Å²) in [6.07, 6.45) is 1.44. The van der Waals surface area contributed by atoms with Crippen molar-refractivity contribution in [2.24, 2.45) is 0 Å². The van der Waals surface area contributed by atoms with Gasteiger partial charge in [0, 0.05) is 4.90 Å². The lowest BCUT2D eigenvalue weighted by atomic mass is 10.2. The highest BCUT2D eigenvalue weighted by atomic mass is 35.5. The first-order valence-electron chi connectivity index (χ1n) is 5.41. The van der Waals surface area contributed by atoms with E-state index in [1.165, 1.54) is 29.2 Å². The van der Waals surface area contributed by atoms with E-state index < -0.39 is 0 Å². The highest BCUT2D eigenvalue weighted by molar-refractivity contribution is 7.99. The fourth-order valence-corrected chi connectivity index (χ4v) is 2.80. The molecule has 2 rings (SSSR count). The largest absolute Gasteiger partial charge is 0.491 e. The van der Waals surface area contributed by atoms with Crippen LogP contribution in [0.25, 0.3) is 0 Å². The van der Waals surface area contributed by atoms with Crippen LogP contribution < -0.4 is 4.74 Å². The normalized spacial score (nSPS) is 10.4. The molecule has 0 aliphatic carbocycles. The molecular formula is C13H13ClN2OS. The summed E-state index contributed by atoms with van der Waals surface area (Å²) in [4.78, 5) is 9.25. The SMILES string of the molecule is COc1c(Cl)ncnc1Sc1ccc(C)cc1C. The van der Waals surface area contributed by atoms with Crippen molar-refractivity contribution in [1.82, 2.24) is 9.97 Å². The molecule has 0 radical (unpaired) electrons. The zero-order chi connectivity index (χ0) is 13.1. The molecule has 0 spiro atoms. The molecule has 0 unspecified atom stereocenters. The monoisotopic (exact) mass is 280 g/mol. The molecule has 0 saturated carbocycles. The Bertz CT molecular complexity index is 575. The third-order valence-electron chi connectivity index (χ3n) is 2.47. The number of nitrogens with zero attached hydrogens (tertiary/aromatic N) is 2. The van der Waals surface area contributed by atoms with Crippen LogP contribution >= 0.6 is 23.4 Å². The van der Waals surface area contributed by atoms with Crippen LogP contribution in [0.4, 0.5) is 0 Å². The third-order valence-corrected chi connectivity index (χ3v) is 3.90. The zero-order valence-corrected chi connectivity index (χ0v) is 12.0. The molecule has 0 saturated heterocycles. The van der Waals surface area contributed by atoms with Gasteiger partial charge in [0.25, 0.3) is 0 Å². The van der Waals surface area contributed by atoms with Gasteiger partial charge in [-0.15, -0.1) is 0 Å². The average molecular weight is 281 g/mol. The summed E-state index contributed by atoms with van der Waals surface area (Å²) in [5.74, 6) is 0.518. The number of ether oxygens (including phenoxy) is 1. The van der Waals surface area contributed by atoms with Gasteiger partial charge in [-0.25, -0.2) is 9.97 Å².